The van der Waals surface area contributed by atoms with Gasteiger partial charge < -0.3 is 11.5 Å². The Labute approximate surface area is 57.6 Å². The molecular weight excluding hydrogens is 114 g/mol. The SMILES string of the molecule is CC.CC#N.NCCN. The molecule has 0 unspecified atom stereocenters. The molecule has 0 rings (SSSR count). The molecule has 0 saturated carbocycles. The van der Waals surface area contributed by atoms with Crippen LogP contribution in [0.15, 0.2) is 0 Å². The maximum Gasteiger partial charge on any atom is 0.0587 e. The van der Waals surface area contributed by atoms with E-state index in [0.29, 0.717) is 13.1 Å². The zero-order valence-electron chi connectivity index (χ0n) is 6.52. The molecule has 0 heterocycles. The van der Waals surface area contributed by atoms with Crippen molar-refractivity contribution in [1.82, 2.24) is 0 Å². The molecule has 0 saturated heterocycles. The molecule has 0 aromatic carbocycles. The summed E-state index contributed by atoms with van der Waals surface area (Å²) in [6.07, 6.45) is 0. The van der Waals surface area contributed by atoms with Crippen LogP contribution in [0.2, 0.25) is 0 Å². The Morgan fingerprint density at radius 1 is 1.22 bits per heavy atom. The van der Waals surface area contributed by atoms with Crippen molar-refractivity contribution in [2.75, 3.05) is 13.1 Å². The summed E-state index contributed by atoms with van der Waals surface area (Å²) in [5.74, 6) is 0. The van der Waals surface area contributed by atoms with Crippen LogP contribution in [0.3, 0.4) is 0 Å². The van der Waals surface area contributed by atoms with Crippen molar-refractivity contribution < 1.29 is 0 Å². The fraction of sp³-hybridized carbons (Fsp3) is 0.833. The zero-order valence-corrected chi connectivity index (χ0v) is 6.52. The minimum Gasteiger partial charge on any atom is -0.329 e. The van der Waals surface area contributed by atoms with E-state index in [0.717, 1.165) is 0 Å². The van der Waals surface area contributed by atoms with Crippen LogP contribution in [0.1, 0.15) is 20.8 Å². The molecule has 0 aromatic heterocycles. The number of hydrogen-bond donors (Lipinski definition) is 2. The van der Waals surface area contributed by atoms with Gasteiger partial charge in [0, 0.05) is 20.0 Å². The van der Waals surface area contributed by atoms with Gasteiger partial charge in [-0.25, -0.2) is 0 Å². The van der Waals surface area contributed by atoms with Crippen molar-refractivity contribution in [2.45, 2.75) is 20.8 Å². The average Bonchev–Trinajstić information content (AvgIpc) is 1.94. The predicted octanol–water partition coefficient (Wildman–Crippen LogP) is 0.460. The summed E-state index contributed by atoms with van der Waals surface area (Å²) in [5.41, 5.74) is 9.81. The normalized spacial score (nSPS) is 4.89. The van der Waals surface area contributed by atoms with Crippen LogP contribution in [0.4, 0.5) is 0 Å². The van der Waals surface area contributed by atoms with E-state index in [-0.39, 0.29) is 0 Å². The molecule has 3 heteroatoms. The number of rotatable bonds is 1. The number of nitrogens with zero attached hydrogens (tertiary/aromatic N) is 1. The topological polar surface area (TPSA) is 75.8 Å². The standard InChI is InChI=1S/C2H8N2.C2H3N.C2H6/c3-1-2-4;1-2-3;1-2/h1-4H2;1H3;1-2H3. The monoisotopic (exact) mass is 131 g/mol. The highest BCUT2D eigenvalue weighted by atomic mass is 14.6. The summed E-state index contributed by atoms with van der Waals surface area (Å²) in [5, 5.41) is 7.32. The first-order valence-corrected chi connectivity index (χ1v) is 3.04. The van der Waals surface area contributed by atoms with Gasteiger partial charge in [0.2, 0.25) is 0 Å². The number of nitriles is 1. The highest BCUT2D eigenvalue weighted by Gasteiger charge is 1.54. The second-order valence-electron chi connectivity index (χ2n) is 0.801. The minimum atomic E-state index is 0.597. The highest BCUT2D eigenvalue weighted by Crippen LogP contribution is 1.24. The molecule has 3 nitrogen and oxygen atoms in total. The van der Waals surface area contributed by atoms with Gasteiger partial charge in [-0.3, -0.25) is 0 Å². The third-order valence-electron chi connectivity index (χ3n) is 0.167. The Bertz CT molecular complexity index is 44.8. The number of hydrogen-bond acceptors (Lipinski definition) is 3. The van der Waals surface area contributed by atoms with E-state index < -0.39 is 0 Å². The second-order valence-corrected chi connectivity index (χ2v) is 0.801. The van der Waals surface area contributed by atoms with E-state index in [4.69, 9.17) is 16.7 Å². The molecule has 0 aliphatic rings. The van der Waals surface area contributed by atoms with Crippen molar-refractivity contribution >= 4 is 0 Å². The second kappa shape index (κ2) is 52.4. The molecular formula is C6H17N3. The molecule has 0 fully saturated rings. The quantitative estimate of drug-likeness (QED) is 0.542. The lowest BCUT2D eigenvalue weighted by atomic mass is 10.7. The zero-order chi connectivity index (χ0) is 8.12. The van der Waals surface area contributed by atoms with Crippen LogP contribution in [0.25, 0.3) is 0 Å². The van der Waals surface area contributed by atoms with Gasteiger partial charge in [0.1, 0.15) is 0 Å². The van der Waals surface area contributed by atoms with Crippen LogP contribution in [0.5, 0.6) is 0 Å². The summed E-state index contributed by atoms with van der Waals surface area (Å²) in [4.78, 5) is 0. The van der Waals surface area contributed by atoms with E-state index in [1.807, 2.05) is 13.8 Å². The lowest BCUT2D eigenvalue weighted by Crippen LogP contribution is -2.11. The van der Waals surface area contributed by atoms with Gasteiger partial charge in [0.15, 0.2) is 0 Å². The van der Waals surface area contributed by atoms with Gasteiger partial charge in [-0.05, 0) is 0 Å². The molecule has 0 aromatic rings. The Morgan fingerprint density at radius 2 is 1.33 bits per heavy atom. The lowest BCUT2D eigenvalue weighted by Gasteiger charge is -1.72. The van der Waals surface area contributed by atoms with Crippen LogP contribution >= 0.6 is 0 Å². The van der Waals surface area contributed by atoms with E-state index in [2.05, 4.69) is 0 Å². The van der Waals surface area contributed by atoms with Crippen LogP contribution < -0.4 is 11.5 Å². The first-order valence-electron chi connectivity index (χ1n) is 3.04. The Hall–Kier alpha value is -0.590. The molecule has 0 radical (unpaired) electrons. The summed E-state index contributed by atoms with van der Waals surface area (Å²) in [7, 11) is 0. The predicted molar refractivity (Wildman–Crippen MR) is 40.7 cm³/mol. The van der Waals surface area contributed by atoms with E-state index in [1.54, 1.807) is 6.07 Å². The van der Waals surface area contributed by atoms with Gasteiger partial charge >= 0.3 is 0 Å². The van der Waals surface area contributed by atoms with Crippen molar-refractivity contribution in [3.63, 3.8) is 0 Å². The van der Waals surface area contributed by atoms with Gasteiger partial charge in [-0.2, -0.15) is 5.26 Å². The molecule has 0 spiro atoms. The molecule has 0 atom stereocenters. The largest absolute Gasteiger partial charge is 0.329 e. The van der Waals surface area contributed by atoms with E-state index >= 15 is 0 Å². The van der Waals surface area contributed by atoms with Crippen molar-refractivity contribution in [2.24, 2.45) is 11.5 Å². The Balaban J connectivity index is -0.0000000646. The van der Waals surface area contributed by atoms with Crippen molar-refractivity contribution in [3.8, 4) is 6.07 Å². The molecule has 0 amide bonds. The van der Waals surface area contributed by atoms with Gasteiger partial charge in [-0.1, -0.05) is 13.8 Å². The van der Waals surface area contributed by atoms with Crippen LogP contribution in [-0.2, 0) is 0 Å². The first-order chi connectivity index (χ1) is 4.33. The first kappa shape index (κ1) is 15.8. The van der Waals surface area contributed by atoms with Crippen LogP contribution in [-0.4, -0.2) is 13.1 Å². The van der Waals surface area contributed by atoms with Gasteiger partial charge in [0.25, 0.3) is 0 Å². The molecule has 0 aliphatic carbocycles. The molecule has 0 aliphatic heterocycles. The van der Waals surface area contributed by atoms with Crippen molar-refractivity contribution in [1.29, 1.82) is 5.26 Å². The van der Waals surface area contributed by atoms with E-state index in [1.165, 1.54) is 6.92 Å². The fourth-order valence-corrected chi connectivity index (χ4v) is 0. The van der Waals surface area contributed by atoms with Crippen LogP contribution in [0, 0.1) is 11.3 Å². The maximum atomic E-state index is 7.32. The Morgan fingerprint density at radius 3 is 1.33 bits per heavy atom. The van der Waals surface area contributed by atoms with Gasteiger partial charge in [-0.15, -0.1) is 0 Å². The molecule has 0 bridgehead atoms. The fourth-order valence-electron chi connectivity index (χ4n) is 0. The minimum absolute atomic E-state index is 0.597. The summed E-state index contributed by atoms with van der Waals surface area (Å²) in [6.45, 7) is 6.62. The number of nitrogens with two attached hydrogens (primary N) is 2. The molecule has 56 valence electrons. The average molecular weight is 131 g/mol. The smallest absolute Gasteiger partial charge is 0.0587 e. The third-order valence-corrected chi connectivity index (χ3v) is 0.167. The lowest BCUT2D eigenvalue weighted by molar-refractivity contribution is 0.976. The summed E-state index contributed by atoms with van der Waals surface area (Å²) < 4.78 is 0. The Kier molecular flexibility index (Phi) is 91.9. The third kappa shape index (κ3) is 1290. The highest BCUT2D eigenvalue weighted by molar-refractivity contribution is 4.51. The summed E-state index contributed by atoms with van der Waals surface area (Å²) in [6, 6.07) is 1.75. The molecule has 9 heavy (non-hydrogen) atoms. The molecule has 4 N–H and O–H groups in total. The van der Waals surface area contributed by atoms with Crippen molar-refractivity contribution in [3.05, 3.63) is 0 Å². The van der Waals surface area contributed by atoms with E-state index in [9.17, 15) is 0 Å². The summed E-state index contributed by atoms with van der Waals surface area (Å²) >= 11 is 0. The maximum absolute atomic E-state index is 7.32. The van der Waals surface area contributed by atoms with Gasteiger partial charge in [0.05, 0.1) is 6.07 Å².